The molecular weight excluding hydrogens is 387 g/mol. The predicted molar refractivity (Wildman–Crippen MR) is 113 cm³/mol. The largest absolute Gasteiger partial charge is 0.493 e. The van der Waals surface area contributed by atoms with E-state index in [0.717, 1.165) is 0 Å². The molecule has 0 aromatic heterocycles. The van der Waals surface area contributed by atoms with Crippen LogP contribution in [0.3, 0.4) is 0 Å². The summed E-state index contributed by atoms with van der Waals surface area (Å²) < 4.78 is 31.3. The Hall–Kier alpha value is -3.04. The monoisotopic (exact) mass is 408 g/mol. The summed E-state index contributed by atoms with van der Waals surface area (Å²) in [6.45, 7) is 0. The first-order valence-corrected chi connectivity index (χ1v) is 11.0. The zero-order valence-electron chi connectivity index (χ0n) is 16.2. The molecule has 4 rings (SSSR count). The second-order valence-corrected chi connectivity index (χ2v) is 9.66. The summed E-state index contributed by atoms with van der Waals surface area (Å²) in [6.07, 6.45) is 0.0174. The minimum atomic E-state index is -3.25. The average Bonchev–Trinajstić information content (AvgIpc) is 2.78. The minimum Gasteiger partial charge on any atom is -0.493 e. The molecule has 1 unspecified atom stereocenters. The van der Waals surface area contributed by atoms with Crippen molar-refractivity contribution in [2.75, 3.05) is 14.2 Å². The van der Waals surface area contributed by atoms with Gasteiger partial charge in [-0.2, -0.15) is 0 Å². The third kappa shape index (κ3) is 3.32. The first kappa shape index (κ1) is 19.3. The molecular formula is C23H21O5P. The fourth-order valence-electron chi connectivity index (χ4n) is 3.62. The number of Topliss-reactive ketones (excluding diaryl/α,β-unsaturated/α-hetero) is 1. The van der Waals surface area contributed by atoms with Crippen molar-refractivity contribution in [3.63, 3.8) is 0 Å². The Balaban J connectivity index is 1.84. The summed E-state index contributed by atoms with van der Waals surface area (Å²) in [7, 11) is -0.217. The van der Waals surface area contributed by atoms with E-state index in [2.05, 4.69) is 0 Å². The second-order valence-electron chi connectivity index (χ2n) is 6.73. The molecule has 1 aliphatic heterocycles. The van der Waals surface area contributed by atoms with E-state index in [9.17, 15) is 9.36 Å². The van der Waals surface area contributed by atoms with Gasteiger partial charge < -0.3 is 18.8 Å². The normalized spacial score (nSPS) is 15.9. The van der Waals surface area contributed by atoms with Crippen LogP contribution < -0.4 is 24.8 Å². The van der Waals surface area contributed by atoms with Crippen LogP contribution in [0.5, 0.6) is 17.2 Å². The lowest BCUT2D eigenvalue weighted by Gasteiger charge is -2.32. The molecule has 0 fully saturated rings. The van der Waals surface area contributed by atoms with E-state index in [4.69, 9.17) is 14.2 Å². The summed E-state index contributed by atoms with van der Waals surface area (Å²) in [5.74, 6) is 0.329. The van der Waals surface area contributed by atoms with Gasteiger partial charge in [-0.3, -0.25) is 4.79 Å². The van der Waals surface area contributed by atoms with E-state index in [1.165, 1.54) is 14.2 Å². The van der Waals surface area contributed by atoms with Crippen LogP contribution in [0.15, 0.2) is 72.8 Å². The highest BCUT2D eigenvalue weighted by atomic mass is 31.2. The number of hydrogen-bond donors (Lipinski definition) is 0. The summed E-state index contributed by atoms with van der Waals surface area (Å²) >= 11 is 0. The van der Waals surface area contributed by atoms with Crippen molar-refractivity contribution in [3.8, 4) is 17.2 Å². The lowest BCUT2D eigenvalue weighted by atomic mass is 10.0. The number of rotatable bonds is 5. The van der Waals surface area contributed by atoms with Crippen molar-refractivity contribution < 1.29 is 23.6 Å². The van der Waals surface area contributed by atoms with Gasteiger partial charge in [0.05, 0.1) is 26.2 Å². The number of carbonyl (C=O) groups excluding carboxylic acids is 1. The number of hydrogen-bond acceptors (Lipinski definition) is 5. The maximum atomic E-state index is 14.5. The molecule has 148 valence electrons. The van der Waals surface area contributed by atoms with Gasteiger partial charge in [0.2, 0.25) is 0 Å². The van der Waals surface area contributed by atoms with E-state index in [1.54, 1.807) is 12.1 Å². The fraction of sp³-hybridized carbons (Fsp3) is 0.174. The number of ether oxygens (including phenoxy) is 3. The first-order chi connectivity index (χ1) is 14.1. The highest BCUT2D eigenvalue weighted by Gasteiger charge is 2.43. The van der Waals surface area contributed by atoms with Gasteiger partial charge in [0.25, 0.3) is 0 Å². The molecule has 0 bridgehead atoms. The predicted octanol–water partition coefficient (Wildman–Crippen LogP) is 4.01. The number of carbonyl (C=O) groups is 1. The molecule has 0 radical (unpaired) electrons. The van der Waals surface area contributed by atoms with Crippen LogP contribution in [0, 0.1) is 0 Å². The van der Waals surface area contributed by atoms with Crippen LogP contribution in [0.25, 0.3) is 0 Å². The summed E-state index contributed by atoms with van der Waals surface area (Å²) in [6, 6.07) is 21.7. The summed E-state index contributed by atoms with van der Waals surface area (Å²) in [5.41, 5.74) is 0.409. The van der Waals surface area contributed by atoms with E-state index < -0.39 is 13.0 Å². The van der Waals surface area contributed by atoms with Crippen molar-refractivity contribution in [3.05, 3.63) is 78.4 Å². The van der Waals surface area contributed by atoms with Crippen molar-refractivity contribution in [2.45, 2.75) is 12.3 Å². The Morgan fingerprint density at radius 1 is 0.862 bits per heavy atom. The van der Waals surface area contributed by atoms with Crippen LogP contribution in [0.4, 0.5) is 0 Å². The van der Waals surface area contributed by atoms with E-state index >= 15 is 0 Å². The van der Waals surface area contributed by atoms with E-state index in [0.29, 0.717) is 33.4 Å². The molecule has 6 heteroatoms. The molecule has 1 atom stereocenters. The molecule has 29 heavy (non-hydrogen) atoms. The van der Waals surface area contributed by atoms with Crippen LogP contribution >= 0.6 is 7.14 Å². The topological polar surface area (TPSA) is 61.8 Å². The van der Waals surface area contributed by atoms with Crippen molar-refractivity contribution in [1.29, 1.82) is 0 Å². The number of fused-ring (bicyclic) bond motifs is 1. The number of ketones is 1. The van der Waals surface area contributed by atoms with Crippen molar-refractivity contribution >= 4 is 23.5 Å². The Bertz CT molecular complexity index is 1040. The quantitative estimate of drug-likeness (QED) is 0.597. The third-order valence-electron chi connectivity index (χ3n) is 5.09. The van der Waals surface area contributed by atoms with Gasteiger partial charge in [-0.25, -0.2) is 0 Å². The molecule has 1 heterocycles. The van der Waals surface area contributed by atoms with Crippen LogP contribution in [0.1, 0.15) is 16.8 Å². The highest BCUT2D eigenvalue weighted by molar-refractivity contribution is 7.79. The molecule has 3 aromatic rings. The SMILES string of the molecule is COc1cc2c(cc1OC)C(=O)CC(P(=O)(c1ccccc1)c1ccccc1)O2. The lowest BCUT2D eigenvalue weighted by Crippen LogP contribution is -2.34. The van der Waals surface area contributed by atoms with Gasteiger partial charge in [0.1, 0.15) is 5.75 Å². The van der Waals surface area contributed by atoms with Gasteiger partial charge in [0.15, 0.2) is 30.3 Å². The van der Waals surface area contributed by atoms with Gasteiger partial charge in [-0.05, 0) is 6.07 Å². The standard InChI is InChI=1S/C23H21O5P/c1-26-21-13-18-19(24)14-23(28-20(18)15-22(21)27-2)29(25,16-9-5-3-6-10-16)17-11-7-4-8-12-17/h3-13,15,23H,14H2,1-2H3. The maximum absolute atomic E-state index is 14.5. The Morgan fingerprint density at radius 2 is 1.38 bits per heavy atom. The van der Waals surface area contributed by atoms with Crippen LogP contribution in [-0.2, 0) is 4.57 Å². The molecule has 0 N–H and O–H groups in total. The smallest absolute Gasteiger partial charge is 0.182 e. The van der Waals surface area contributed by atoms with Gasteiger partial charge in [0, 0.05) is 16.7 Å². The van der Waals surface area contributed by atoms with E-state index in [-0.39, 0.29) is 12.2 Å². The van der Waals surface area contributed by atoms with Gasteiger partial charge >= 0.3 is 0 Å². The van der Waals surface area contributed by atoms with Gasteiger partial charge in [-0.1, -0.05) is 60.7 Å². The molecule has 0 spiro atoms. The van der Waals surface area contributed by atoms with Crippen LogP contribution in [-0.4, -0.2) is 25.8 Å². The molecule has 0 saturated heterocycles. The highest BCUT2D eigenvalue weighted by Crippen LogP contribution is 2.53. The van der Waals surface area contributed by atoms with E-state index in [1.807, 2.05) is 60.7 Å². The third-order valence-corrected chi connectivity index (χ3v) is 8.32. The average molecular weight is 408 g/mol. The van der Waals surface area contributed by atoms with Gasteiger partial charge in [-0.15, -0.1) is 0 Å². The first-order valence-electron chi connectivity index (χ1n) is 9.24. The Labute approximate surface area is 169 Å². The molecule has 5 nitrogen and oxygen atoms in total. The number of benzene rings is 3. The van der Waals surface area contributed by atoms with Crippen molar-refractivity contribution in [1.82, 2.24) is 0 Å². The fourth-order valence-corrected chi connectivity index (χ4v) is 6.49. The van der Waals surface area contributed by atoms with Crippen LogP contribution in [0.2, 0.25) is 0 Å². The minimum absolute atomic E-state index is 0.0174. The molecule has 0 saturated carbocycles. The zero-order valence-corrected chi connectivity index (χ0v) is 17.1. The Morgan fingerprint density at radius 3 is 1.90 bits per heavy atom. The Kier molecular flexibility index (Phi) is 5.16. The van der Waals surface area contributed by atoms with Crippen molar-refractivity contribution in [2.24, 2.45) is 0 Å². The zero-order chi connectivity index (χ0) is 20.4. The summed E-state index contributed by atoms with van der Waals surface area (Å²) in [5, 5.41) is 1.32. The lowest BCUT2D eigenvalue weighted by molar-refractivity contribution is 0.0910. The number of methoxy groups -OCH3 is 2. The molecule has 1 aliphatic rings. The second kappa shape index (κ2) is 7.76. The molecule has 0 amide bonds. The summed E-state index contributed by atoms with van der Waals surface area (Å²) in [4.78, 5) is 13.0. The maximum Gasteiger partial charge on any atom is 0.182 e. The molecule has 3 aromatic carbocycles. The molecule has 0 aliphatic carbocycles.